The van der Waals surface area contributed by atoms with Gasteiger partial charge in [-0.2, -0.15) is 0 Å². The van der Waals surface area contributed by atoms with Crippen molar-refractivity contribution in [3.05, 3.63) is 28.8 Å². The van der Waals surface area contributed by atoms with E-state index in [1.54, 1.807) is 6.07 Å². The number of ether oxygens (including phenoxy) is 2. The highest BCUT2D eigenvalue weighted by molar-refractivity contribution is 9.09. The second-order valence-electron chi connectivity index (χ2n) is 6.32. The second kappa shape index (κ2) is 4.86. The average molecular weight is 375 g/mol. The number of carbonyl (C=O) groups is 1. The summed E-state index contributed by atoms with van der Waals surface area (Å²) in [4.78, 5) is 14.1. The van der Waals surface area contributed by atoms with Crippen LogP contribution in [0.2, 0.25) is 5.02 Å². The van der Waals surface area contributed by atoms with Crippen molar-refractivity contribution in [2.75, 3.05) is 11.5 Å². The number of alkyl halides is 1. The molecule has 2 aliphatic rings. The molecule has 0 saturated carbocycles. The number of halogens is 2. The molecule has 1 amide bonds. The van der Waals surface area contributed by atoms with Gasteiger partial charge in [0.25, 0.3) is 0 Å². The molecule has 1 aromatic carbocycles. The van der Waals surface area contributed by atoms with E-state index in [1.807, 2.05) is 32.9 Å². The third kappa shape index (κ3) is 2.35. The Hall–Kier alpha value is -0.780. The largest absolute Gasteiger partial charge is 0.443 e. The van der Waals surface area contributed by atoms with Crippen LogP contribution in [-0.4, -0.2) is 24.5 Å². The summed E-state index contributed by atoms with van der Waals surface area (Å²) >= 11 is 10.1. The zero-order valence-corrected chi connectivity index (χ0v) is 14.5. The first-order valence-corrected chi connectivity index (χ1v) is 8.03. The van der Waals surface area contributed by atoms with E-state index >= 15 is 0 Å². The molecule has 0 N–H and O–H groups in total. The van der Waals surface area contributed by atoms with Crippen molar-refractivity contribution < 1.29 is 14.3 Å². The Kier molecular flexibility index (Phi) is 3.50. The van der Waals surface area contributed by atoms with E-state index < -0.39 is 22.2 Å². The maximum atomic E-state index is 12.6. The standard InChI is InChI=1S/C15H17BrClNO3/c1-14(2,3)21-13(19)18-11-9(5-4-6-10(11)17)15(16)7-8-20-12(15)18/h4-6,12H,7-8H2,1-3H3/t12-,15+/m0/s1. The first kappa shape index (κ1) is 15.1. The molecule has 0 bridgehead atoms. The Morgan fingerprint density at radius 1 is 1.52 bits per heavy atom. The molecule has 21 heavy (non-hydrogen) atoms. The summed E-state index contributed by atoms with van der Waals surface area (Å²) in [5.74, 6) is 0. The number of anilines is 1. The number of fused-ring (bicyclic) bond motifs is 3. The van der Waals surface area contributed by atoms with Crippen molar-refractivity contribution in [1.29, 1.82) is 0 Å². The molecule has 4 nitrogen and oxygen atoms in total. The lowest BCUT2D eigenvalue weighted by Crippen LogP contribution is -2.45. The van der Waals surface area contributed by atoms with Gasteiger partial charge >= 0.3 is 6.09 Å². The number of benzene rings is 1. The third-order valence-corrected chi connectivity index (χ3v) is 5.15. The van der Waals surface area contributed by atoms with Gasteiger partial charge in [-0.3, -0.25) is 0 Å². The fraction of sp³-hybridized carbons (Fsp3) is 0.533. The van der Waals surface area contributed by atoms with Crippen LogP contribution in [0.1, 0.15) is 32.8 Å². The van der Waals surface area contributed by atoms with Crippen molar-refractivity contribution >= 4 is 39.3 Å². The van der Waals surface area contributed by atoms with Crippen LogP contribution in [0, 0.1) is 0 Å². The third-order valence-electron chi connectivity index (χ3n) is 3.63. The van der Waals surface area contributed by atoms with Crippen LogP contribution in [0.25, 0.3) is 0 Å². The van der Waals surface area contributed by atoms with Crippen LogP contribution in [-0.2, 0) is 13.8 Å². The van der Waals surface area contributed by atoms with Crippen LogP contribution < -0.4 is 4.90 Å². The first-order chi connectivity index (χ1) is 9.74. The van der Waals surface area contributed by atoms with Gasteiger partial charge in [-0.15, -0.1) is 0 Å². The topological polar surface area (TPSA) is 38.8 Å². The molecular formula is C15H17BrClNO3. The van der Waals surface area contributed by atoms with E-state index in [1.165, 1.54) is 4.90 Å². The molecule has 3 rings (SSSR count). The quantitative estimate of drug-likeness (QED) is 0.631. The summed E-state index contributed by atoms with van der Waals surface area (Å²) in [5, 5.41) is 0.523. The Bertz CT molecular complexity index is 601. The number of rotatable bonds is 0. The molecule has 0 aliphatic carbocycles. The van der Waals surface area contributed by atoms with E-state index in [4.69, 9.17) is 21.1 Å². The van der Waals surface area contributed by atoms with Gasteiger partial charge in [0.05, 0.1) is 17.3 Å². The molecule has 2 heterocycles. The summed E-state index contributed by atoms with van der Waals surface area (Å²) in [6.07, 6.45) is -0.0862. The van der Waals surface area contributed by atoms with Crippen molar-refractivity contribution in [1.82, 2.24) is 0 Å². The molecule has 1 aromatic rings. The van der Waals surface area contributed by atoms with Crippen molar-refractivity contribution in [2.24, 2.45) is 0 Å². The van der Waals surface area contributed by atoms with Gasteiger partial charge in [0.15, 0.2) is 6.23 Å². The van der Waals surface area contributed by atoms with Gasteiger partial charge in [-0.1, -0.05) is 39.7 Å². The van der Waals surface area contributed by atoms with E-state index in [0.29, 0.717) is 17.3 Å². The van der Waals surface area contributed by atoms with Gasteiger partial charge in [0, 0.05) is 0 Å². The zero-order valence-electron chi connectivity index (χ0n) is 12.2. The molecule has 114 valence electrons. The predicted octanol–water partition coefficient (Wildman–Crippen LogP) is 4.43. The summed E-state index contributed by atoms with van der Waals surface area (Å²) in [6.45, 7) is 6.10. The maximum absolute atomic E-state index is 12.6. The van der Waals surface area contributed by atoms with Crippen molar-refractivity contribution in [2.45, 2.75) is 43.3 Å². The Morgan fingerprint density at radius 3 is 2.90 bits per heavy atom. The van der Waals surface area contributed by atoms with Crippen LogP contribution in [0.3, 0.4) is 0 Å². The first-order valence-electron chi connectivity index (χ1n) is 6.86. The average Bonchev–Trinajstić information content (AvgIpc) is 2.82. The minimum atomic E-state index is -0.575. The van der Waals surface area contributed by atoms with Crippen LogP contribution >= 0.6 is 27.5 Å². The Labute approximate surface area is 137 Å². The smallest absolute Gasteiger partial charge is 0.417 e. The molecule has 0 unspecified atom stereocenters. The molecule has 0 radical (unpaired) electrons. The maximum Gasteiger partial charge on any atom is 0.417 e. The number of hydrogen-bond acceptors (Lipinski definition) is 3. The lowest BCUT2D eigenvalue weighted by Gasteiger charge is -2.29. The van der Waals surface area contributed by atoms with Gasteiger partial charge in [0.2, 0.25) is 0 Å². The van der Waals surface area contributed by atoms with Gasteiger partial charge < -0.3 is 9.47 Å². The molecular weight excluding hydrogens is 358 g/mol. The highest BCUT2D eigenvalue weighted by Crippen LogP contribution is 2.57. The highest BCUT2D eigenvalue weighted by Gasteiger charge is 2.57. The van der Waals surface area contributed by atoms with E-state index in [0.717, 1.165) is 12.0 Å². The summed E-state index contributed by atoms with van der Waals surface area (Å²) in [6, 6.07) is 5.63. The van der Waals surface area contributed by atoms with Gasteiger partial charge in [-0.25, -0.2) is 9.69 Å². The Morgan fingerprint density at radius 2 is 2.24 bits per heavy atom. The summed E-state index contributed by atoms with van der Waals surface area (Å²) < 4.78 is 10.9. The molecule has 0 aromatic heterocycles. The lowest BCUT2D eigenvalue weighted by molar-refractivity contribution is 0.0411. The Balaban J connectivity index is 2.08. The second-order valence-corrected chi connectivity index (χ2v) is 8.14. The fourth-order valence-corrected chi connectivity index (χ4v) is 3.92. The van der Waals surface area contributed by atoms with E-state index in [2.05, 4.69) is 15.9 Å². The van der Waals surface area contributed by atoms with Crippen LogP contribution in [0.4, 0.5) is 10.5 Å². The number of para-hydroxylation sites is 1. The fourth-order valence-electron chi connectivity index (χ4n) is 2.83. The summed E-state index contributed by atoms with van der Waals surface area (Å²) in [7, 11) is 0. The van der Waals surface area contributed by atoms with Crippen LogP contribution in [0.15, 0.2) is 18.2 Å². The van der Waals surface area contributed by atoms with E-state index in [-0.39, 0.29) is 0 Å². The number of nitrogens with zero attached hydrogens (tertiary/aromatic N) is 1. The number of amides is 1. The molecule has 6 heteroatoms. The molecule has 1 fully saturated rings. The lowest BCUT2D eigenvalue weighted by atomic mass is 9.98. The van der Waals surface area contributed by atoms with Gasteiger partial charge in [-0.05, 0) is 38.8 Å². The predicted molar refractivity (Wildman–Crippen MR) is 85.1 cm³/mol. The monoisotopic (exact) mass is 373 g/mol. The minimum Gasteiger partial charge on any atom is -0.443 e. The SMILES string of the molecule is CC(C)(C)OC(=O)N1c2c(Cl)cccc2[C@]2(Br)CCO[C@H]12. The zero-order chi connectivity index (χ0) is 15.4. The molecule has 1 saturated heterocycles. The van der Waals surface area contributed by atoms with Gasteiger partial charge in [0.1, 0.15) is 9.93 Å². The molecule has 2 aliphatic heterocycles. The normalized spacial score (nSPS) is 27.5. The van der Waals surface area contributed by atoms with Crippen molar-refractivity contribution in [3.8, 4) is 0 Å². The minimum absolute atomic E-state index is 0.413. The molecule has 0 spiro atoms. The number of carbonyl (C=O) groups excluding carboxylic acids is 1. The van der Waals surface area contributed by atoms with E-state index in [9.17, 15) is 4.79 Å². The summed E-state index contributed by atoms with van der Waals surface area (Å²) in [5.41, 5.74) is 1.08. The van der Waals surface area contributed by atoms with Crippen LogP contribution in [0.5, 0.6) is 0 Å². The molecule has 2 atom stereocenters. The van der Waals surface area contributed by atoms with Crippen molar-refractivity contribution in [3.63, 3.8) is 0 Å². The number of hydrogen-bond donors (Lipinski definition) is 0. The highest BCUT2D eigenvalue weighted by atomic mass is 79.9.